The Labute approximate surface area is 221 Å². The first-order valence-corrected chi connectivity index (χ1v) is 13.1. The predicted octanol–water partition coefficient (Wildman–Crippen LogP) is 4.99. The van der Waals surface area contributed by atoms with E-state index in [-0.39, 0.29) is 5.56 Å². The molecule has 1 saturated carbocycles. The number of nitrogens with one attached hydrogen (secondary N) is 1. The van der Waals surface area contributed by atoms with Crippen LogP contribution in [0.15, 0.2) is 72.9 Å². The zero-order valence-electron chi connectivity index (χ0n) is 21.1. The van der Waals surface area contributed by atoms with Crippen LogP contribution in [0.4, 0.5) is 0 Å². The Hall–Kier alpha value is -4.34. The van der Waals surface area contributed by atoms with Gasteiger partial charge in [-0.3, -0.25) is 9.69 Å². The van der Waals surface area contributed by atoms with Gasteiger partial charge >= 0.3 is 5.97 Å². The Kier molecular flexibility index (Phi) is 6.45. The molecule has 1 aliphatic carbocycles. The van der Waals surface area contributed by atoms with E-state index in [1.165, 1.54) is 5.56 Å². The molecular formula is C32H29N3O3. The van der Waals surface area contributed by atoms with Crippen molar-refractivity contribution < 1.29 is 14.7 Å². The van der Waals surface area contributed by atoms with Crippen molar-refractivity contribution in [3.05, 3.63) is 95.2 Å². The van der Waals surface area contributed by atoms with Gasteiger partial charge in [0.15, 0.2) is 0 Å². The Balaban J connectivity index is 1.18. The van der Waals surface area contributed by atoms with E-state index in [9.17, 15) is 14.7 Å². The molecule has 2 aliphatic rings. The van der Waals surface area contributed by atoms with E-state index in [1.807, 2.05) is 53.6 Å². The molecule has 0 unspecified atom stereocenters. The molecule has 1 saturated heterocycles. The Morgan fingerprint density at radius 3 is 2.45 bits per heavy atom. The van der Waals surface area contributed by atoms with Crippen LogP contribution in [-0.2, 0) is 11.3 Å². The summed E-state index contributed by atoms with van der Waals surface area (Å²) in [6.07, 6.45) is 3.99. The monoisotopic (exact) mass is 503 g/mol. The smallest absolute Gasteiger partial charge is 0.336 e. The zero-order chi connectivity index (χ0) is 26.1. The quantitative estimate of drug-likeness (QED) is 0.377. The number of aromatic carboxylic acids is 1. The van der Waals surface area contributed by atoms with Gasteiger partial charge < -0.3 is 15.0 Å². The average molecular weight is 504 g/mol. The molecule has 1 amide bonds. The number of rotatable bonds is 5. The highest BCUT2D eigenvalue weighted by atomic mass is 16.4. The maximum absolute atomic E-state index is 12.3. The van der Waals surface area contributed by atoms with Crippen molar-refractivity contribution in [2.24, 2.45) is 5.92 Å². The van der Waals surface area contributed by atoms with Gasteiger partial charge in [0, 0.05) is 67.0 Å². The Morgan fingerprint density at radius 2 is 1.71 bits per heavy atom. The SMILES string of the molecule is O=C(O)c1cccc(C#Cc2ccc(CN3CCN(C(=O)C4CC4)CC3)cc2)c1-c1ccc2cc[nH]c2c1. The molecule has 1 aliphatic heterocycles. The Bertz CT molecular complexity index is 1560. The number of aromatic amines is 1. The highest BCUT2D eigenvalue weighted by molar-refractivity contribution is 5.99. The number of aromatic nitrogens is 1. The number of H-pyrrole nitrogens is 1. The van der Waals surface area contributed by atoms with Crippen molar-refractivity contribution in [2.75, 3.05) is 26.2 Å². The normalized spacial score (nSPS) is 15.7. The summed E-state index contributed by atoms with van der Waals surface area (Å²) >= 11 is 0. The first-order valence-electron chi connectivity index (χ1n) is 13.1. The third kappa shape index (κ3) is 5.06. The second-order valence-electron chi connectivity index (χ2n) is 10.1. The van der Waals surface area contributed by atoms with Crippen molar-refractivity contribution in [2.45, 2.75) is 19.4 Å². The molecule has 38 heavy (non-hydrogen) atoms. The van der Waals surface area contributed by atoms with Crippen LogP contribution >= 0.6 is 0 Å². The molecule has 0 spiro atoms. The maximum atomic E-state index is 12.3. The molecule has 6 rings (SSSR count). The van der Waals surface area contributed by atoms with E-state index in [2.05, 4.69) is 33.9 Å². The molecule has 2 heterocycles. The number of fused-ring (bicyclic) bond motifs is 1. The third-order valence-electron chi connectivity index (χ3n) is 7.45. The summed E-state index contributed by atoms with van der Waals surface area (Å²) in [5, 5.41) is 10.9. The van der Waals surface area contributed by atoms with Crippen LogP contribution in [0, 0.1) is 17.8 Å². The minimum atomic E-state index is -0.975. The molecule has 0 radical (unpaired) electrons. The number of hydrogen-bond acceptors (Lipinski definition) is 3. The number of hydrogen-bond donors (Lipinski definition) is 2. The molecule has 6 nitrogen and oxygen atoms in total. The maximum Gasteiger partial charge on any atom is 0.336 e. The van der Waals surface area contributed by atoms with Gasteiger partial charge in [-0.2, -0.15) is 0 Å². The predicted molar refractivity (Wildman–Crippen MR) is 148 cm³/mol. The van der Waals surface area contributed by atoms with Crippen LogP contribution < -0.4 is 0 Å². The molecule has 0 bridgehead atoms. The number of benzene rings is 3. The molecule has 2 N–H and O–H groups in total. The highest BCUT2D eigenvalue weighted by Crippen LogP contribution is 2.32. The van der Waals surface area contributed by atoms with Gasteiger partial charge in [-0.15, -0.1) is 0 Å². The molecule has 1 aromatic heterocycles. The van der Waals surface area contributed by atoms with Crippen molar-refractivity contribution >= 4 is 22.8 Å². The first-order chi connectivity index (χ1) is 18.5. The van der Waals surface area contributed by atoms with Crippen molar-refractivity contribution in [1.29, 1.82) is 0 Å². The average Bonchev–Trinajstić information content (AvgIpc) is 3.69. The first kappa shape index (κ1) is 24.0. The van der Waals surface area contributed by atoms with E-state index >= 15 is 0 Å². The van der Waals surface area contributed by atoms with Crippen molar-refractivity contribution in [3.63, 3.8) is 0 Å². The van der Waals surface area contributed by atoms with E-state index in [1.54, 1.807) is 12.1 Å². The topological polar surface area (TPSA) is 76.6 Å². The van der Waals surface area contributed by atoms with Crippen LogP contribution in [0.5, 0.6) is 0 Å². The molecule has 2 fully saturated rings. The molecule has 4 aromatic rings. The fraction of sp³-hybridized carbons (Fsp3) is 0.250. The van der Waals surface area contributed by atoms with Crippen LogP contribution in [0.1, 0.15) is 39.9 Å². The van der Waals surface area contributed by atoms with Gasteiger partial charge in [0.05, 0.1) is 5.56 Å². The summed E-state index contributed by atoms with van der Waals surface area (Å²) in [4.78, 5) is 31.9. The number of amides is 1. The summed E-state index contributed by atoms with van der Waals surface area (Å²) in [6.45, 7) is 4.28. The van der Waals surface area contributed by atoms with Gasteiger partial charge in [0.1, 0.15) is 0 Å². The molecule has 6 heteroatoms. The highest BCUT2D eigenvalue weighted by Gasteiger charge is 2.34. The Morgan fingerprint density at radius 1 is 0.921 bits per heavy atom. The van der Waals surface area contributed by atoms with Crippen LogP contribution in [0.25, 0.3) is 22.0 Å². The lowest BCUT2D eigenvalue weighted by molar-refractivity contribution is -0.134. The molecule has 190 valence electrons. The second-order valence-corrected chi connectivity index (χ2v) is 10.1. The summed E-state index contributed by atoms with van der Waals surface area (Å²) in [5.41, 5.74) is 5.39. The number of piperazine rings is 1. The van der Waals surface area contributed by atoms with Crippen molar-refractivity contribution in [3.8, 4) is 23.0 Å². The number of carbonyl (C=O) groups excluding carboxylic acids is 1. The largest absolute Gasteiger partial charge is 0.478 e. The fourth-order valence-electron chi connectivity index (χ4n) is 5.16. The lowest BCUT2D eigenvalue weighted by Crippen LogP contribution is -2.48. The summed E-state index contributed by atoms with van der Waals surface area (Å²) in [5.74, 6) is 6.11. The number of carboxylic acid groups (broad SMARTS) is 1. The van der Waals surface area contributed by atoms with Gasteiger partial charge in [0.25, 0.3) is 0 Å². The zero-order valence-corrected chi connectivity index (χ0v) is 21.1. The minimum Gasteiger partial charge on any atom is -0.478 e. The van der Waals surface area contributed by atoms with Crippen molar-refractivity contribution in [1.82, 2.24) is 14.8 Å². The van der Waals surface area contributed by atoms with Crippen LogP contribution in [-0.4, -0.2) is 57.9 Å². The third-order valence-corrected chi connectivity index (χ3v) is 7.45. The van der Waals surface area contributed by atoms with Gasteiger partial charge in [-0.1, -0.05) is 42.2 Å². The summed E-state index contributed by atoms with van der Waals surface area (Å²) in [6, 6.07) is 21.3. The number of nitrogens with zero attached hydrogens (tertiary/aromatic N) is 2. The van der Waals surface area contributed by atoms with Crippen LogP contribution in [0.2, 0.25) is 0 Å². The molecular weight excluding hydrogens is 474 g/mol. The van der Waals surface area contributed by atoms with E-state index in [4.69, 9.17) is 0 Å². The van der Waals surface area contributed by atoms with Gasteiger partial charge in [0.2, 0.25) is 5.91 Å². The fourth-order valence-corrected chi connectivity index (χ4v) is 5.16. The number of carboxylic acids is 1. The lowest BCUT2D eigenvalue weighted by atomic mass is 9.93. The van der Waals surface area contributed by atoms with Gasteiger partial charge in [-0.05, 0) is 65.8 Å². The lowest BCUT2D eigenvalue weighted by Gasteiger charge is -2.34. The van der Waals surface area contributed by atoms with Crippen LogP contribution in [0.3, 0.4) is 0 Å². The van der Waals surface area contributed by atoms with E-state index in [0.29, 0.717) is 23.0 Å². The minimum absolute atomic E-state index is 0.233. The van der Waals surface area contributed by atoms with Gasteiger partial charge in [-0.25, -0.2) is 4.79 Å². The number of carbonyl (C=O) groups is 2. The second kappa shape index (κ2) is 10.2. The van der Waals surface area contributed by atoms with E-state index < -0.39 is 5.97 Å². The summed E-state index contributed by atoms with van der Waals surface area (Å²) in [7, 11) is 0. The summed E-state index contributed by atoms with van der Waals surface area (Å²) < 4.78 is 0. The molecule has 0 atom stereocenters. The molecule has 3 aromatic carbocycles. The van der Waals surface area contributed by atoms with E-state index in [0.717, 1.165) is 67.6 Å². The standard InChI is InChI=1S/C32H29N3O3/c36-31(26-11-12-26)35-18-16-34(17-19-35)21-23-6-4-22(5-7-23)8-9-25-2-1-3-28(32(37)38)30(25)27-13-10-24-14-15-33-29(24)20-27/h1-7,10,13-15,20,26,33H,11-12,16-19,21H2,(H,37,38).